The van der Waals surface area contributed by atoms with Gasteiger partial charge in [-0.2, -0.15) is 5.10 Å². The molecule has 1 N–H and O–H groups in total. The molecule has 0 saturated heterocycles. The summed E-state index contributed by atoms with van der Waals surface area (Å²) in [6, 6.07) is 24.9. The maximum Gasteiger partial charge on any atom is 0.265 e. The number of anilines is 1. The second-order valence-corrected chi connectivity index (χ2v) is 8.91. The van der Waals surface area contributed by atoms with E-state index >= 15 is 0 Å². The van der Waals surface area contributed by atoms with Crippen molar-refractivity contribution in [2.45, 2.75) is 25.3 Å². The zero-order valence-corrected chi connectivity index (χ0v) is 17.7. The predicted molar refractivity (Wildman–Crippen MR) is 120 cm³/mol. The number of nitrogens with one attached hydrogen (secondary N) is 1. The number of aryl methyl sites for hydroxylation is 2. The number of aromatic nitrogens is 2. The fourth-order valence-electron chi connectivity index (χ4n) is 3.41. The molecule has 152 valence electrons. The van der Waals surface area contributed by atoms with Crippen LogP contribution >= 0.6 is 0 Å². The molecule has 0 aliphatic heterocycles. The summed E-state index contributed by atoms with van der Waals surface area (Å²) < 4.78 is 31.3. The van der Waals surface area contributed by atoms with Gasteiger partial charge in [-0.15, -0.1) is 0 Å². The monoisotopic (exact) mass is 417 g/mol. The summed E-state index contributed by atoms with van der Waals surface area (Å²) in [5, 5.41) is 4.63. The first-order valence-corrected chi connectivity index (χ1v) is 11.2. The number of hydrogen-bond donors (Lipinski definition) is 1. The number of nitrogens with zero attached hydrogens (tertiary/aromatic N) is 2. The highest BCUT2D eigenvalue weighted by Crippen LogP contribution is 2.29. The Balaban J connectivity index is 1.79. The highest BCUT2D eigenvalue weighted by Gasteiger charge is 2.25. The topological polar surface area (TPSA) is 64.0 Å². The first kappa shape index (κ1) is 19.9. The summed E-state index contributed by atoms with van der Waals surface area (Å²) in [5.41, 5.74) is 4.59. The lowest BCUT2D eigenvalue weighted by atomic mass is 10.1. The van der Waals surface area contributed by atoms with Crippen molar-refractivity contribution < 1.29 is 8.42 Å². The fraction of sp³-hybridized carbons (Fsp3) is 0.125. The summed E-state index contributed by atoms with van der Waals surface area (Å²) in [6.45, 7) is 4.27. The molecule has 0 bridgehead atoms. The molecule has 0 fully saturated rings. The second-order valence-electron chi connectivity index (χ2n) is 7.26. The van der Waals surface area contributed by atoms with Gasteiger partial charge in [0.15, 0.2) is 0 Å². The van der Waals surface area contributed by atoms with E-state index in [1.807, 2.05) is 92.7 Å². The number of para-hydroxylation sites is 1. The molecule has 0 radical (unpaired) electrons. The normalized spacial score (nSPS) is 11.4. The third kappa shape index (κ3) is 4.14. The van der Waals surface area contributed by atoms with Gasteiger partial charge in [0.05, 0.1) is 12.2 Å². The fourth-order valence-corrected chi connectivity index (χ4v) is 4.79. The van der Waals surface area contributed by atoms with Gasteiger partial charge in [0, 0.05) is 11.8 Å². The average Bonchev–Trinajstić information content (AvgIpc) is 3.17. The third-order valence-corrected chi connectivity index (χ3v) is 6.32. The Morgan fingerprint density at radius 1 is 0.833 bits per heavy atom. The lowest BCUT2D eigenvalue weighted by Gasteiger charge is -2.13. The summed E-state index contributed by atoms with van der Waals surface area (Å²) in [5.74, 6) is 0. The van der Waals surface area contributed by atoms with Gasteiger partial charge in [-0.25, -0.2) is 8.42 Å². The molecular weight excluding hydrogens is 394 g/mol. The number of sulfonamides is 1. The van der Waals surface area contributed by atoms with Crippen LogP contribution in [0.25, 0.3) is 11.3 Å². The Hall–Kier alpha value is -3.38. The van der Waals surface area contributed by atoms with Crippen molar-refractivity contribution in [1.82, 2.24) is 9.78 Å². The molecule has 4 rings (SSSR count). The van der Waals surface area contributed by atoms with Gasteiger partial charge in [0.2, 0.25) is 0 Å². The van der Waals surface area contributed by atoms with Crippen molar-refractivity contribution in [1.29, 1.82) is 0 Å². The highest BCUT2D eigenvalue weighted by atomic mass is 32.2. The van der Waals surface area contributed by atoms with Gasteiger partial charge in [0.1, 0.15) is 10.6 Å². The first-order chi connectivity index (χ1) is 14.4. The van der Waals surface area contributed by atoms with E-state index in [9.17, 15) is 8.42 Å². The molecular formula is C24H23N3O2S. The van der Waals surface area contributed by atoms with Crippen molar-refractivity contribution in [3.8, 4) is 11.3 Å². The largest absolute Gasteiger partial charge is 0.279 e. The lowest BCUT2D eigenvalue weighted by molar-refractivity contribution is 0.601. The molecule has 0 atom stereocenters. The van der Waals surface area contributed by atoms with Crippen LogP contribution in [-0.4, -0.2) is 18.2 Å². The van der Waals surface area contributed by atoms with Gasteiger partial charge in [-0.3, -0.25) is 9.40 Å². The van der Waals surface area contributed by atoms with Crippen LogP contribution in [0.4, 0.5) is 5.69 Å². The summed E-state index contributed by atoms with van der Waals surface area (Å²) in [6.07, 6.45) is 1.60. The maximum absolute atomic E-state index is 13.4. The third-order valence-electron chi connectivity index (χ3n) is 4.97. The van der Waals surface area contributed by atoms with E-state index < -0.39 is 10.0 Å². The summed E-state index contributed by atoms with van der Waals surface area (Å²) in [4.78, 5) is 0.160. The van der Waals surface area contributed by atoms with E-state index in [0.717, 1.165) is 22.3 Å². The van der Waals surface area contributed by atoms with E-state index in [1.54, 1.807) is 10.9 Å². The second kappa shape index (κ2) is 8.16. The Labute approximate surface area is 177 Å². The van der Waals surface area contributed by atoms with Gasteiger partial charge < -0.3 is 0 Å². The van der Waals surface area contributed by atoms with Gasteiger partial charge in [0.25, 0.3) is 10.0 Å². The molecule has 0 aliphatic carbocycles. The molecule has 1 heterocycles. The van der Waals surface area contributed by atoms with Crippen LogP contribution in [0.3, 0.4) is 0 Å². The first-order valence-electron chi connectivity index (χ1n) is 9.70. The van der Waals surface area contributed by atoms with Crippen LogP contribution < -0.4 is 4.72 Å². The molecule has 0 unspecified atom stereocenters. The molecule has 0 spiro atoms. The van der Waals surface area contributed by atoms with Crippen LogP contribution in [0.5, 0.6) is 0 Å². The number of benzene rings is 3. The molecule has 0 saturated carbocycles. The van der Waals surface area contributed by atoms with Crippen LogP contribution in [0, 0.1) is 13.8 Å². The van der Waals surface area contributed by atoms with E-state index in [1.165, 1.54) is 0 Å². The minimum Gasteiger partial charge on any atom is -0.279 e. The lowest BCUT2D eigenvalue weighted by Crippen LogP contribution is -2.15. The molecule has 0 aliphatic rings. The Kier molecular flexibility index (Phi) is 5.42. The maximum atomic E-state index is 13.4. The smallest absolute Gasteiger partial charge is 0.265 e. The quantitative estimate of drug-likeness (QED) is 0.479. The minimum atomic E-state index is -3.84. The van der Waals surface area contributed by atoms with Gasteiger partial charge in [-0.1, -0.05) is 78.9 Å². The van der Waals surface area contributed by atoms with Crippen LogP contribution in [0.2, 0.25) is 0 Å². The highest BCUT2D eigenvalue weighted by molar-refractivity contribution is 7.92. The van der Waals surface area contributed by atoms with Crippen molar-refractivity contribution >= 4 is 15.7 Å². The van der Waals surface area contributed by atoms with Crippen molar-refractivity contribution in [2.75, 3.05) is 4.72 Å². The van der Waals surface area contributed by atoms with Gasteiger partial charge in [-0.05, 0) is 30.5 Å². The zero-order valence-electron chi connectivity index (χ0n) is 16.9. The Bertz CT molecular complexity index is 1240. The zero-order chi connectivity index (χ0) is 21.1. The Morgan fingerprint density at radius 2 is 1.43 bits per heavy atom. The minimum absolute atomic E-state index is 0.160. The van der Waals surface area contributed by atoms with E-state index in [0.29, 0.717) is 17.9 Å². The predicted octanol–water partition coefficient (Wildman–Crippen LogP) is 5.02. The molecule has 4 aromatic rings. The Morgan fingerprint density at radius 3 is 2.07 bits per heavy atom. The van der Waals surface area contributed by atoms with E-state index in [4.69, 9.17) is 0 Å². The molecule has 0 amide bonds. The molecule has 30 heavy (non-hydrogen) atoms. The average molecular weight is 418 g/mol. The SMILES string of the molecule is Cc1cccc(C)c1NS(=O)(=O)c1cn(Cc2ccccc2)nc1-c1ccccc1. The van der Waals surface area contributed by atoms with E-state index in [-0.39, 0.29) is 4.90 Å². The van der Waals surface area contributed by atoms with Gasteiger partial charge >= 0.3 is 0 Å². The van der Waals surface area contributed by atoms with Crippen LogP contribution in [-0.2, 0) is 16.6 Å². The van der Waals surface area contributed by atoms with E-state index in [2.05, 4.69) is 9.82 Å². The van der Waals surface area contributed by atoms with Crippen molar-refractivity contribution in [3.63, 3.8) is 0 Å². The molecule has 3 aromatic carbocycles. The molecule has 1 aromatic heterocycles. The van der Waals surface area contributed by atoms with Crippen LogP contribution in [0.1, 0.15) is 16.7 Å². The van der Waals surface area contributed by atoms with Crippen LogP contribution in [0.15, 0.2) is 90.0 Å². The number of hydrogen-bond acceptors (Lipinski definition) is 3. The number of rotatable bonds is 6. The summed E-state index contributed by atoms with van der Waals surface area (Å²) >= 11 is 0. The standard InChI is InChI=1S/C24H23N3O2S/c1-18-10-9-11-19(2)23(18)26-30(28,29)22-17-27(16-20-12-5-3-6-13-20)25-24(22)21-14-7-4-8-15-21/h3-15,17,26H,16H2,1-2H3. The molecule has 6 heteroatoms. The molecule has 5 nitrogen and oxygen atoms in total. The summed E-state index contributed by atoms with van der Waals surface area (Å²) in [7, 11) is -3.84. The van der Waals surface area contributed by atoms with Crippen molar-refractivity contribution in [3.05, 3.63) is 102 Å². The van der Waals surface area contributed by atoms with Crippen molar-refractivity contribution in [2.24, 2.45) is 0 Å².